The summed E-state index contributed by atoms with van der Waals surface area (Å²) in [5.41, 5.74) is 9.91. The molecule has 5 nitrogen and oxygen atoms in total. The fourth-order valence-corrected chi connectivity index (χ4v) is 3.83. The molecule has 0 spiro atoms. The zero-order valence-electron chi connectivity index (χ0n) is 18.0. The highest BCUT2D eigenvalue weighted by atomic mass is 15.6. The summed E-state index contributed by atoms with van der Waals surface area (Å²) in [6, 6.07) is 11.5. The predicted octanol–water partition coefficient (Wildman–Crippen LogP) is 3.59. The molecule has 0 fully saturated rings. The van der Waals surface area contributed by atoms with Gasteiger partial charge in [0.1, 0.15) is 5.82 Å². The third-order valence-electron chi connectivity index (χ3n) is 5.30. The fraction of sp³-hybridized carbons (Fsp3) is 0.522. The first kappa shape index (κ1) is 20.8. The van der Waals surface area contributed by atoms with Gasteiger partial charge in [0.05, 0.1) is 5.69 Å². The van der Waals surface area contributed by atoms with Crippen LogP contribution in [0.3, 0.4) is 0 Å². The van der Waals surface area contributed by atoms with Crippen molar-refractivity contribution in [3.63, 3.8) is 0 Å². The molecule has 28 heavy (non-hydrogen) atoms. The monoisotopic (exact) mass is 381 g/mol. The number of hydrogen-bond donors (Lipinski definition) is 2. The highest BCUT2D eigenvalue weighted by Crippen LogP contribution is 2.32. The van der Waals surface area contributed by atoms with Crippen molar-refractivity contribution in [2.75, 3.05) is 32.2 Å². The van der Waals surface area contributed by atoms with Crippen molar-refractivity contribution in [3.8, 4) is 11.3 Å². The van der Waals surface area contributed by atoms with Crippen molar-refractivity contribution in [2.45, 2.75) is 52.7 Å². The summed E-state index contributed by atoms with van der Waals surface area (Å²) in [5.74, 6) is 1.10. The van der Waals surface area contributed by atoms with Crippen LogP contribution in [0.5, 0.6) is 0 Å². The molecule has 0 saturated heterocycles. The van der Waals surface area contributed by atoms with Crippen LogP contribution in [0.2, 0.25) is 0 Å². The maximum atomic E-state index is 5.08. The van der Waals surface area contributed by atoms with Crippen LogP contribution in [0.1, 0.15) is 43.9 Å². The zero-order chi connectivity index (χ0) is 20.1. The molecule has 0 saturated carbocycles. The maximum absolute atomic E-state index is 5.08. The van der Waals surface area contributed by atoms with Gasteiger partial charge in [-0.05, 0) is 57.6 Å². The van der Waals surface area contributed by atoms with Crippen LogP contribution >= 0.6 is 0 Å². The number of benzene rings is 1. The lowest BCUT2D eigenvalue weighted by molar-refractivity contribution is 0.328. The van der Waals surface area contributed by atoms with Gasteiger partial charge >= 0.3 is 0 Å². The number of hydrogen-bond acceptors (Lipinski definition) is 5. The van der Waals surface area contributed by atoms with Crippen molar-refractivity contribution in [2.24, 2.45) is 0 Å². The Bertz CT molecular complexity index is 787. The molecule has 0 bridgehead atoms. The van der Waals surface area contributed by atoms with E-state index in [1.165, 1.54) is 22.3 Å². The van der Waals surface area contributed by atoms with Crippen molar-refractivity contribution in [1.82, 2.24) is 20.6 Å². The minimum atomic E-state index is 0.380. The van der Waals surface area contributed by atoms with Gasteiger partial charge in [0.25, 0.3) is 0 Å². The standard InChI is InChI=1S/C23H35N5/c1-6-8-19-14-22(26-23-21(19)15-25-28(23)17(2)3)20-10-7-9-18(13-20)16-27(5)12-11-24-4/h7,9-10,13-14,17,24-25H,6,8,11-12,15-16H2,1-5H3. The summed E-state index contributed by atoms with van der Waals surface area (Å²) in [6.07, 6.45) is 2.24. The zero-order valence-corrected chi connectivity index (χ0v) is 18.0. The van der Waals surface area contributed by atoms with Gasteiger partial charge in [-0.2, -0.15) is 0 Å². The highest BCUT2D eigenvalue weighted by molar-refractivity contribution is 5.67. The minimum absolute atomic E-state index is 0.380. The predicted molar refractivity (Wildman–Crippen MR) is 118 cm³/mol. The van der Waals surface area contributed by atoms with Gasteiger partial charge < -0.3 is 10.2 Å². The number of fused-ring (bicyclic) bond motifs is 1. The Kier molecular flexibility index (Phi) is 7.05. The molecular formula is C23H35N5. The molecule has 0 atom stereocenters. The summed E-state index contributed by atoms with van der Waals surface area (Å²) in [4.78, 5) is 7.42. The smallest absolute Gasteiger partial charge is 0.148 e. The Labute approximate surface area is 170 Å². The lowest BCUT2D eigenvalue weighted by atomic mass is 10.00. The molecular weight excluding hydrogens is 346 g/mol. The third-order valence-corrected chi connectivity index (χ3v) is 5.30. The average Bonchev–Trinajstić information content (AvgIpc) is 3.11. The van der Waals surface area contributed by atoms with E-state index >= 15 is 0 Å². The van der Waals surface area contributed by atoms with E-state index in [1.54, 1.807) is 0 Å². The van der Waals surface area contributed by atoms with E-state index in [9.17, 15) is 0 Å². The Hall–Kier alpha value is -1.95. The average molecular weight is 382 g/mol. The molecule has 152 valence electrons. The second-order valence-corrected chi connectivity index (χ2v) is 8.06. The van der Waals surface area contributed by atoms with Gasteiger partial charge in [0.2, 0.25) is 0 Å². The number of nitrogens with one attached hydrogen (secondary N) is 2. The second-order valence-electron chi connectivity index (χ2n) is 8.06. The van der Waals surface area contributed by atoms with Crippen LogP contribution < -0.4 is 15.8 Å². The molecule has 5 heteroatoms. The van der Waals surface area contributed by atoms with Gasteiger partial charge in [-0.1, -0.05) is 31.5 Å². The molecule has 2 heterocycles. The third kappa shape index (κ3) is 4.72. The molecule has 1 aliphatic heterocycles. The lowest BCUT2D eigenvalue weighted by Crippen LogP contribution is -2.38. The van der Waals surface area contributed by atoms with Gasteiger partial charge in [0, 0.05) is 43.3 Å². The second kappa shape index (κ2) is 9.50. The molecule has 1 aromatic carbocycles. The van der Waals surface area contributed by atoms with E-state index in [4.69, 9.17) is 4.98 Å². The Morgan fingerprint density at radius 2 is 2.11 bits per heavy atom. The Balaban J connectivity index is 1.92. The SMILES string of the molecule is CCCc1cc(-c2cccc(CN(C)CCNC)c2)nc2c1CNN2C(C)C. The van der Waals surface area contributed by atoms with Crippen LogP contribution in [-0.4, -0.2) is 43.1 Å². The molecule has 2 N–H and O–H groups in total. The van der Waals surface area contributed by atoms with E-state index in [2.05, 4.69) is 78.8 Å². The van der Waals surface area contributed by atoms with Gasteiger partial charge in [-0.15, -0.1) is 0 Å². The topological polar surface area (TPSA) is 43.4 Å². The van der Waals surface area contributed by atoms with Crippen molar-refractivity contribution in [3.05, 3.63) is 47.0 Å². The summed E-state index contributed by atoms with van der Waals surface area (Å²) in [6.45, 7) is 10.5. The summed E-state index contributed by atoms with van der Waals surface area (Å²) >= 11 is 0. The van der Waals surface area contributed by atoms with Gasteiger partial charge in [-0.25, -0.2) is 10.4 Å². The number of anilines is 1. The van der Waals surface area contributed by atoms with E-state index < -0.39 is 0 Å². The number of hydrazine groups is 1. The molecule has 1 aromatic heterocycles. The maximum Gasteiger partial charge on any atom is 0.148 e. The molecule has 0 aliphatic carbocycles. The quantitative estimate of drug-likeness (QED) is 0.695. The van der Waals surface area contributed by atoms with Crippen LogP contribution in [-0.2, 0) is 19.5 Å². The molecule has 0 amide bonds. The normalized spacial score (nSPS) is 13.6. The van der Waals surface area contributed by atoms with E-state index in [1.807, 2.05) is 7.05 Å². The van der Waals surface area contributed by atoms with Crippen molar-refractivity contribution >= 4 is 5.82 Å². The summed E-state index contributed by atoms with van der Waals surface area (Å²) in [7, 11) is 4.17. The Morgan fingerprint density at radius 1 is 1.29 bits per heavy atom. The molecule has 0 unspecified atom stereocenters. The number of pyridine rings is 1. The Morgan fingerprint density at radius 3 is 2.82 bits per heavy atom. The number of rotatable bonds is 9. The van der Waals surface area contributed by atoms with Crippen molar-refractivity contribution < 1.29 is 0 Å². The number of likely N-dealkylation sites (N-methyl/N-ethyl adjacent to an activating group) is 2. The largest absolute Gasteiger partial charge is 0.318 e. The highest BCUT2D eigenvalue weighted by Gasteiger charge is 2.26. The molecule has 0 radical (unpaired) electrons. The lowest BCUT2D eigenvalue weighted by Gasteiger charge is -2.23. The van der Waals surface area contributed by atoms with Crippen molar-refractivity contribution in [1.29, 1.82) is 0 Å². The molecule has 1 aliphatic rings. The minimum Gasteiger partial charge on any atom is -0.318 e. The van der Waals surface area contributed by atoms with E-state index in [-0.39, 0.29) is 0 Å². The summed E-state index contributed by atoms with van der Waals surface area (Å²) in [5, 5.41) is 5.43. The molecule has 3 rings (SSSR count). The fourth-order valence-electron chi connectivity index (χ4n) is 3.83. The first-order valence-corrected chi connectivity index (χ1v) is 10.5. The van der Waals surface area contributed by atoms with Gasteiger partial charge in [-0.3, -0.25) is 5.01 Å². The van der Waals surface area contributed by atoms with E-state index in [0.29, 0.717) is 6.04 Å². The van der Waals surface area contributed by atoms with Gasteiger partial charge in [0.15, 0.2) is 0 Å². The first-order valence-electron chi connectivity index (χ1n) is 10.5. The number of aryl methyl sites for hydroxylation is 1. The van der Waals surface area contributed by atoms with E-state index in [0.717, 1.165) is 50.5 Å². The van der Waals surface area contributed by atoms with Crippen LogP contribution in [0.4, 0.5) is 5.82 Å². The molecule has 2 aromatic rings. The summed E-state index contributed by atoms with van der Waals surface area (Å²) < 4.78 is 0. The first-order chi connectivity index (χ1) is 13.5. The number of aromatic nitrogens is 1. The van der Waals surface area contributed by atoms with Crippen LogP contribution in [0.15, 0.2) is 30.3 Å². The number of nitrogens with zero attached hydrogens (tertiary/aromatic N) is 3. The van der Waals surface area contributed by atoms with Crippen LogP contribution in [0.25, 0.3) is 11.3 Å². The van der Waals surface area contributed by atoms with Crippen LogP contribution in [0, 0.1) is 0 Å².